The molecular weight excluding hydrogens is 328 g/mol. The maximum Gasteiger partial charge on any atom is 0.196 e. The minimum absolute atomic E-state index is 0.467. The Bertz CT molecular complexity index is 554. The van der Waals surface area contributed by atoms with Gasteiger partial charge < -0.3 is 9.73 Å². The number of benzene rings is 1. The van der Waals surface area contributed by atoms with E-state index in [-0.39, 0.29) is 0 Å². The lowest BCUT2D eigenvalue weighted by molar-refractivity contribution is 0.484. The van der Waals surface area contributed by atoms with Gasteiger partial charge in [0.2, 0.25) is 0 Å². The largest absolute Gasteiger partial charge is 0.441 e. The smallest absolute Gasteiger partial charge is 0.196 e. The zero-order chi connectivity index (χ0) is 13.8. The monoisotopic (exact) mass is 342 g/mol. The molecule has 0 bridgehead atoms. The fourth-order valence-corrected chi connectivity index (χ4v) is 2.30. The first-order chi connectivity index (χ1) is 9.08. The molecule has 0 aliphatic rings. The highest BCUT2D eigenvalue weighted by molar-refractivity contribution is 9.10. The van der Waals surface area contributed by atoms with Crippen LogP contribution in [0.5, 0.6) is 0 Å². The average Bonchev–Trinajstić information content (AvgIpc) is 2.81. The van der Waals surface area contributed by atoms with Crippen molar-refractivity contribution in [3.8, 4) is 11.3 Å². The van der Waals surface area contributed by atoms with Crippen molar-refractivity contribution in [2.75, 3.05) is 6.54 Å². The molecule has 0 saturated heterocycles. The van der Waals surface area contributed by atoms with Crippen molar-refractivity contribution in [2.45, 2.75) is 26.3 Å². The standard InChI is InChI=1S/C14H16BrClN2O/c1-9(2)17-7-6-13-18-8-12(19-13)10-4-3-5-11(15)14(10)16/h3-5,8-9,17H,6-7H2,1-2H3. The summed E-state index contributed by atoms with van der Waals surface area (Å²) in [5, 5.41) is 3.97. The molecule has 2 aromatic rings. The van der Waals surface area contributed by atoms with Gasteiger partial charge in [0.25, 0.3) is 0 Å². The van der Waals surface area contributed by atoms with Gasteiger partial charge in [-0.05, 0) is 28.1 Å². The first-order valence-corrected chi connectivity index (χ1v) is 7.37. The van der Waals surface area contributed by atoms with Crippen LogP contribution < -0.4 is 5.32 Å². The number of rotatable bonds is 5. The zero-order valence-corrected chi connectivity index (χ0v) is 13.3. The second-order valence-corrected chi connectivity index (χ2v) is 5.81. The summed E-state index contributed by atoms with van der Waals surface area (Å²) in [6, 6.07) is 6.21. The molecule has 0 spiro atoms. The quantitative estimate of drug-likeness (QED) is 0.879. The van der Waals surface area contributed by atoms with Gasteiger partial charge in [-0.25, -0.2) is 4.98 Å². The Morgan fingerprint density at radius 2 is 2.21 bits per heavy atom. The van der Waals surface area contributed by atoms with Crippen LogP contribution in [0.15, 0.2) is 33.3 Å². The molecular formula is C14H16BrClN2O. The summed E-state index contributed by atoms with van der Waals surface area (Å²) in [5.74, 6) is 1.42. The van der Waals surface area contributed by atoms with Gasteiger partial charge in [0.1, 0.15) is 0 Å². The Labute approximate surface area is 126 Å². The number of oxazole rings is 1. The molecule has 1 N–H and O–H groups in total. The van der Waals surface area contributed by atoms with E-state index in [9.17, 15) is 0 Å². The Balaban J connectivity index is 2.10. The summed E-state index contributed by atoms with van der Waals surface area (Å²) < 4.78 is 6.58. The fraction of sp³-hybridized carbons (Fsp3) is 0.357. The summed E-state index contributed by atoms with van der Waals surface area (Å²) in [7, 11) is 0. The maximum atomic E-state index is 6.24. The highest BCUT2D eigenvalue weighted by atomic mass is 79.9. The van der Waals surface area contributed by atoms with Crippen molar-refractivity contribution in [3.63, 3.8) is 0 Å². The molecule has 5 heteroatoms. The minimum atomic E-state index is 0.467. The Kier molecular flexibility index (Phi) is 5.02. The molecule has 1 aromatic heterocycles. The van der Waals surface area contributed by atoms with Crippen LogP contribution in [0.4, 0.5) is 0 Å². The first kappa shape index (κ1) is 14.6. The number of hydrogen-bond acceptors (Lipinski definition) is 3. The normalized spacial score (nSPS) is 11.2. The molecule has 3 nitrogen and oxygen atoms in total. The van der Waals surface area contributed by atoms with Crippen molar-refractivity contribution >= 4 is 27.5 Å². The van der Waals surface area contributed by atoms with Crippen LogP contribution in [0.2, 0.25) is 5.02 Å². The topological polar surface area (TPSA) is 38.1 Å². The van der Waals surface area contributed by atoms with Crippen LogP contribution in [-0.2, 0) is 6.42 Å². The Hall–Kier alpha value is -0.840. The molecule has 0 fully saturated rings. The van der Waals surface area contributed by atoms with Crippen LogP contribution in [0.25, 0.3) is 11.3 Å². The molecule has 1 heterocycles. The molecule has 0 radical (unpaired) electrons. The van der Waals surface area contributed by atoms with Crippen LogP contribution in [-0.4, -0.2) is 17.6 Å². The van der Waals surface area contributed by atoms with Crippen molar-refractivity contribution in [1.82, 2.24) is 10.3 Å². The summed E-state index contributed by atoms with van der Waals surface area (Å²) in [4.78, 5) is 4.28. The molecule has 2 rings (SSSR count). The average molecular weight is 344 g/mol. The predicted octanol–water partition coefficient (Wildman–Crippen LogP) is 4.30. The number of nitrogens with one attached hydrogen (secondary N) is 1. The van der Waals surface area contributed by atoms with Gasteiger partial charge in [0.15, 0.2) is 11.7 Å². The van der Waals surface area contributed by atoms with Crippen molar-refractivity contribution in [2.24, 2.45) is 0 Å². The Morgan fingerprint density at radius 3 is 2.95 bits per heavy atom. The SMILES string of the molecule is CC(C)NCCc1ncc(-c2cccc(Br)c2Cl)o1. The molecule has 0 aliphatic heterocycles. The lowest BCUT2D eigenvalue weighted by atomic mass is 10.2. The van der Waals surface area contributed by atoms with E-state index in [0.717, 1.165) is 28.9 Å². The van der Waals surface area contributed by atoms with Crippen LogP contribution >= 0.6 is 27.5 Å². The van der Waals surface area contributed by atoms with Crippen LogP contribution in [0.3, 0.4) is 0 Å². The zero-order valence-electron chi connectivity index (χ0n) is 10.9. The van der Waals surface area contributed by atoms with Crippen molar-refractivity contribution in [1.29, 1.82) is 0 Å². The number of aromatic nitrogens is 1. The molecule has 0 aliphatic carbocycles. The van der Waals surface area contributed by atoms with E-state index in [4.69, 9.17) is 16.0 Å². The van der Waals surface area contributed by atoms with E-state index in [2.05, 4.69) is 40.1 Å². The van der Waals surface area contributed by atoms with Crippen molar-refractivity contribution < 1.29 is 4.42 Å². The van der Waals surface area contributed by atoms with E-state index >= 15 is 0 Å². The maximum absolute atomic E-state index is 6.24. The second-order valence-electron chi connectivity index (χ2n) is 4.58. The summed E-state index contributed by atoms with van der Waals surface area (Å²) in [5.41, 5.74) is 0.853. The third kappa shape index (κ3) is 3.81. The van der Waals surface area contributed by atoms with Gasteiger partial charge >= 0.3 is 0 Å². The molecule has 0 saturated carbocycles. The summed E-state index contributed by atoms with van der Waals surface area (Å²) in [6.45, 7) is 5.08. The second kappa shape index (κ2) is 6.55. The van der Waals surface area contributed by atoms with Gasteiger partial charge in [-0.15, -0.1) is 0 Å². The first-order valence-electron chi connectivity index (χ1n) is 6.20. The number of nitrogens with zero attached hydrogens (tertiary/aromatic N) is 1. The summed E-state index contributed by atoms with van der Waals surface area (Å²) in [6.07, 6.45) is 2.49. The van der Waals surface area contributed by atoms with Crippen LogP contribution in [0.1, 0.15) is 19.7 Å². The van der Waals surface area contributed by atoms with Gasteiger partial charge in [0, 0.05) is 29.0 Å². The molecule has 1 aromatic carbocycles. The van der Waals surface area contributed by atoms with E-state index in [1.165, 1.54) is 0 Å². The molecule has 19 heavy (non-hydrogen) atoms. The number of halogens is 2. The van der Waals surface area contributed by atoms with Crippen LogP contribution in [0, 0.1) is 0 Å². The number of hydrogen-bond donors (Lipinski definition) is 1. The lowest BCUT2D eigenvalue weighted by Crippen LogP contribution is -2.24. The van der Waals surface area contributed by atoms with E-state index in [1.807, 2.05) is 18.2 Å². The Morgan fingerprint density at radius 1 is 1.42 bits per heavy atom. The van der Waals surface area contributed by atoms with E-state index in [0.29, 0.717) is 16.8 Å². The fourth-order valence-electron chi connectivity index (χ4n) is 1.71. The van der Waals surface area contributed by atoms with Gasteiger partial charge in [0.05, 0.1) is 11.2 Å². The lowest BCUT2D eigenvalue weighted by Gasteiger charge is -2.05. The minimum Gasteiger partial charge on any atom is -0.441 e. The van der Waals surface area contributed by atoms with Gasteiger partial charge in [-0.2, -0.15) is 0 Å². The molecule has 0 atom stereocenters. The molecule has 102 valence electrons. The highest BCUT2D eigenvalue weighted by Gasteiger charge is 2.11. The summed E-state index contributed by atoms with van der Waals surface area (Å²) >= 11 is 9.64. The van der Waals surface area contributed by atoms with E-state index in [1.54, 1.807) is 6.20 Å². The third-order valence-electron chi connectivity index (χ3n) is 2.66. The van der Waals surface area contributed by atoms with Gasteiger partial charge in [-0.1, -0.05) is 31.5 Å². The third-order valence-corrected chi connectivity index (χ3v) is 3.96. The molecule has 0 unspecified atom stereocenters. The van der Waals surface area contributed by atoms with Gasteiger partial charge in [-0.3, -0.25) is 0 Å². The highest BCUT2D eigenvalue weighted by Crippen LogP contribution is 2.33. The predicted molar refractivity (Wildman–Crippen MR) is 81.5 cm³/mol. The van der Waals surface area contributed by atoms with Crippen molar-refractivity contribution in [3.05, 3.63) is 39.8 Å². The van der Waals surface area contributed by atoms with E-state index < -0.39 is 0 Å². The molecule has 0 amide bonds.